The minimum atomic E-state index is -0.816. The first-order valence-electron chi connectivity index (χ1n) is 6.31. The summed E-state index contributed by atoms with van der Waals surface area (Å²) in [6, 6.07) is 7.57. The standard InChI is InChI=1S/C14H17NO3/c16-14(17)9-11-6-4-10(5-7-11)8-12-2-1-3-13(12)15-18/h4-7,12-13H,1-3,8-9H2,(H,16,17). The second kappa shape index (κ2) is 5.76. The first-order chi connectivity index (χ1) is 8.69. The predicted octanol–water partition coefficient (Wildman–Crippen LogP) is 2.79. The van der Waals surface area contributed by atoms with Crippen molar-refractivity contribution >= 4 is 5.97 Å². The van der Waals surface area contributed by atoms with E-state index in [9.17, 15) is 9.70 Å². The molecule has 0 saturated heterocycles. The molecular formula is C14H17NO3. The molecule has 1 aliphatic rings. The zero-order valence-corrected chi connectivity index (χ0v) is 10.2. The van der Waals surface area contributed by atoms with E-state index in [2.05, 4.69) is 5.18 Å². The van der Waals surface area contributed by atoms with Crippen LogP contribution in [0.2, 0.25) is 0 Å². The van der Waals surface area contributed by atoms with Crippen molar-refractivity contribution in [2.24, 2.45) is 11.1 Å². The second-order valence-electron chi connectivity index (χ2n) is 4.95. The highest BCUT2D eigenvalue weighted by Crippen LogP contribution is 2.31. The van der Waals surface area contributed by atoms with Crippen LogP contribution in [0, 0.1) is 10.8 Å². The smallest absolute Gasteiger partial charge is 0.307 e. The number of nitroso groups, excluding NO2 is 1. The van der Waals surface area contributed by atoms with Crippen LogP contribution in [0.4, 0.5) is 0 Å². The van der Waals surface area contributed by atoms with E-state index in [1.165, 1.54) is 0 Å². The molecule has 1 aliphatic carbocycles. The van der Waals surface area contributed by atoms with E-state index in [0.717, 1.165) is 36.8 Å². The molecule has 1 N–H and O–H groups in total. The van der Waals surface area contributed by atoms with Gasteiger partial charge in [-0.2, -0.15) is 4.91 Å². The summed E-state index contributed by atoms with van der Waals surface area (Å²) in [4.78, 5) is 21.2. The highest BCUT2D eigenvalue weighted by molar-refractivity contribution is 5.70. The monoisotopic (exact) mass is 247 g/mol. The summed E-state index contributed by atoms with van der Waals surface area (Å²) in [6.45, 7) is 0. The van der Waals surface area contributed by atoms with E-state index in [-0.39, 0.29) is 12.5 Å². The molecule has 2 atom stereocenters. The Bertz CT molecular complexity index is 427. The summed E-state index contributed by atoms with van der Waals surface area (Å²) in [5.74, 6) is -0.461. The van der Waals surface area contributed by atoms with Gasteiger partial charge in [-0.3, -0.25) is 4.79 Å². The molecule has 0 bridgehead atoms. The molecule has 1 aromatic carbocycles. The van der Waals surface area contributed by atoms with Crippen molar-refractivity contribution in [3.63, 3.8) is 0 Å². The quantitative estimate of drug-likeness (QED) is 0.813. The van der Waals surface area contributed by atoms with E-state index >= 15 is 0 Å². The number of carbonyl (C=O) groups is 1. The zero-order valence-electron chi connectivity index (χ0n) is 10.2. The molecule has 0 aliphatic heterocycles. The lowest BCUT2D eigenvalue weighted by Gasteiger charge is -2.13. The van der Waals surface area contributed by atoms with Crippen molar-refractivity contribution in [2.75, 3.05) is 0 Å². The Morgan fingerprint density at radius 1 is 1.22 bits per heavy atom. The summed E-state index contributed by atoms with van der Waals surface area (Å²) >= 11 is 0. The van der Waals surface area contributed by atoms with Gasteiger partial charge in [-0.1, -0.05) is 35.9 Å². The van der Waals surface area contributed by atoms with Crippen LogP contribution in [0.25, 0.3) is 0 Å². The van der Waals surface area contributed by atoms with Crippen molar-refractivity contribution in [3.05, 3.63) is 40.3 Å². The third kappa shape index (κ3) is 3.15. The Balaban J connectivity index is 1.97. The van der Waals surface area contributed by atoms with Gasteiger partial charge < -0.3 is 5.11 Å². The lowest BCUT2D eigenvalue weighted by atomic mass is 9.94. The largest absolute Gasteiger partial charge is 0.481 e. The van der Waals surface area contributed by atoms with E-state index in [1.54, 1.807) is 0 Å². The van der Waals surface area contributed by atoms with E-state index in [4.69, 9.17) is 5.11 Å². The Morgan fingerprint density at radius 3 is 2.50 bits per heavy atom. The number of hydrogen-bond donors (Lipinski definition) is 1. The minimum absolute atomic E-state index is 0.0382. The van der Waals surface area contributed by atoms with Crippen LogP contribution in [0.3, 0.4) is 0 Å². The normalized spacial score (nSPS) is 22.9. The Labute approximate surface area is 106 Å². The molecule has 4 nitrogen and oxygen atoms in total. The van der Waals surface area contributed by atoms with Crippen LogP contribution in [-0.4, -0.2) is 17.1 Å². The van der Waals surface area contributed by atoms with E-state index in [0.29, 0.717) is 5.92 Å². The molecule has 1 aromatic rings. The van der Waals surface area contributed by atoms with Gasteiger partial charge in [-0.15, -0.1) is 0 Å². The van der Waals surface area contributed by atoms with Crippen molar-refractivity contribution in [1.82, 2.24) is 0 Å². The molecule has 96 valence electrons. The van der Waals surface area contributed by atoms with Gasteiger partial charge in [-0.25, -0.2) is 0 Å². The number of rotatable bonds is 5. The fourth-order valence-electron chi connectivity index (χ4n) is 2.66. The maximum Gasteiger partial charge on any atom is 0.307 e. The number of benzene rings is 1. The average molecular weight is 247 g/mol. The summed E-state index contributed by atoms with van der Waals surface area (Å²) < 4.78 is 0. The second-order valence-corrected chi connectivity index (χ2v) is 4.95. The molecule has 4 heteroatoms. The SMILES string of the molecule is O=NC1CCCC1Cc1ccc(CC(=O)O)cc1. The third-order valence-corrected chi connectivity index (χ3v) is 3.63. The highest BCUT2D eigenvalue weighted by Gasteiger charge is 2.28. The molecule has 0 radical (unpaired) electrons. The Kier molecular flexibility index (Phi) is 4.07. The van der Waals surface area contributed by atoms with E-state index < -0.39 is 5.97 Å². The topological polar surface area (TPSA) is 66.7 Å². The summed E-state index contributed by atoms with van der Waals surface area (Å²) in [6.07, 6.45) is 3.97. The van der Waals surface area contributed by atoms with Gasteiger partial charge in [0, 0.05) is 0 Å². The number of aliphatic carboxylic acids is 1. The van der Waals surface area contributed by atoms with Crippen LogP contribution < -0.4 is 0 Å². The summed E-state index contributed by atoms with van der Waals surface area (Å²) in [7, 11) is 0. The van der Waals surface area contributed by atoms with Crippen molar-refractivity contribution in [2.45, 2.75) is 38.1 Å². The van der Waals surface area contributed by atoms with Gasteiger partial charge in [0.05, 0.1) is 12.5 Å². The summed E-state index contributed by atoms with van der Waals surface area (Å²) in [5.41, 5.74) is 1.97. The maximum absolute atomic E-state index is 10.7. The van der Waals surface area contributed by atoms with Gasteiger partial charge in [0.25, 0.3) is 0 Å². The van der Waals surface area contributed by atoms with Gasteiger partial charge in [0.15, 0.2) is 0 Å². The van der Waals surface area contributed by atoms with Crippen LogP contribution in [-0.2, 0) is 17.6 Å². The van der Waals surface area contributed by atoms with Crippen LogP contribution >= 0.6 is 0 Å². The third-order valence-electron chi connectivity index (χ3n) is 3.63. The molecule has 0 spiro atoms. The first-order valence-corrected chi connectivity index (χ1v) is 6.31. The number of nitrogens with zero attached hydrogens (tertiary/aromatic N) is 1. The number of carboxylic acid groups (broad SMARTS) is 1. The molecule has 0 heterocycles. The fraction of sp³-hybridized carbons (Fsp3) is 0.500. The lowest BCUT2D eigenvalue weighted by Crippen LogP contribution is -2.13. The van der Waals surface area contributed by atoms with Crippen molar-refractivity contribution < 1.29 is 9.90 Å². The minimum Gasteiger partial charge on any atom is -0.481 e. The number of carboxylic acids is 1. The average Bonchev–Trinajstić information content (AvgIpc) is 2.78. The van der Waals surface area contributed by atoms with Crippen LogP contribution in [0.5, 0.6) is 0 Å². The molecule has 2 unspecified atom stereocenters. The van der Waals surface area contributed by atoms with E-state index in [1.807, 2.05) is 24.3 Å². The molecule has 0 amide bonds. The molecule has 1 fully saturated rings. The van der Waals surface area contributed by atoms with Crippen molar-refractivity contribution in [3.8, 4) is 0 Å². The molecule has 1 saturated carbocycles. The fourth-order valence-corrected chi connectivity index (χ4v) is 2.66. The lowest BCUT2D eigenvalue weighted by molar-refractivity contribution is -0.136. The van der Waals surface area contributed by atoms with Gasteiger partial charge in [-0.05, 0) is 36.3 Å². The highest BCUT2D eigenvalue weighted by atomic mass is 16.4. The first kappa shape index (κ1) is 12.7. The number of hydrogen-bond acceptors (Lipinski definition) is 3. The Morgan fingerprint density at radius 2 is 1.89 bits per heavy atom. The maximum atomic E-state index is 10.7. The summed E-state index contributed by atoms with van der Waals surface area (Å²) in [5, 5.41) is 11.9. The molecule has 0 aromatic heterocycles. The predicted molar refractivity (Wildman–Crippen MR) is 68.4 cm³/mol. The Hall–Kier alpha value is -1.71. The van der Waals surface area contributed by atoms with Gasteiger partial charge in [0.2, 0.25) is 0 Å². The molecule has 18 heavy (non-hydrogen) atoms. The van der Waals surface area contributed by atoms with Crippen LogP contribution in [0.15, 0.2) is 29.4 Å². The van der Waals surface area contributed by atoms with Crippen molar-refractivity contribution in [1.29, 1.82) is 0 Å². The zero-order chi connectivity index (χ0) is 13.0. The van der Waals surface area contributed by atoms with Crippen LogP contribution in [0.1, 0.15) is 30.4 Å². The molecular weight excluding hydrogens is 230 g/mol. The van der Waals surface area contributed by atoms with Gasteiger partial charge >= 0.3 is 5.97 Å². The molecule has 2 rings (SSSR count). The van der Waals surface area contributed by atoms with Gasteiger partial charge in [0.1, 0.15) is 0 Å².